The Bertz CT molecular complexity index is 1860. The lowest BCUT2D eigenvalue weighted by Crippen LogP contribution is -2.71. The molecule has 2 fully saturated rings. The van der Waals surface area contributed by atoms with Gasteiger partial charge in [-0.25, -0.2) is 4.79 Å². The molecule has 14 nitrogen and oxygen atoms in total. The standard InChI is InChI=1S/C45H63N5O9/c1-11-28(12-2)38(41(55)47(8)35(23-37(51)52)39(53)46(6)7)48(9)42(56)45(26-44(4,5)27-45)49(10)40(54)36-22-29(58-13-3)24-50(36)43(57)59-25-34-32-20-16-14-18-30(32)31-19-15-17-21-33(31)34/h14-21,28-29,34-36,38H,11-13,22-27H2,1-10H3,(H,51,52)/t29-,35+,36+,38+/m1/s1. The van der Waals surface area contributed by atoms with E-state index in [4.69, 9.17) is 9.47 Å². The maximum atomic E-state index is 15.1. The Kier molecular flexibility index (Phi) is 13.8. The molecule has 1 saturated carbocycles. The number of rotatable bonds is 16. The summed E-state index contributed by atoms with van der Waals surface area (Å²) < 4.78 is 12.0. The maximum absolute atomic E-state index is 15.1. The number of hydrogen-bond acceptors (Lipinski definition) is 8. The van der Waals surface area contributed by atoms with Crippen molar-refractivity contribution in [3.8, 4) is 11.1 Å². The SMILES string of the molecule is CCO[C@@H]1C[C@@H](C(=O)N(C)C2(C(=O)N(C)[C@H](C(=O)N(C)[C@@H](CC(=O)O)C(=O)N(C)C)C(CC)CC)CC(C)(C)C2)N(C(=O)OCC2c3ccccc3-c3ccccc32)C1. The first kappa shape index (κ1) is 45.1. The van der Waals surface area contributed by atoms with E-state index in [2.05, 4.69) is 12.1 Å². The smallest absolute Gasteiger partial charge is 0.410 e. The molecule has 5 amide bonds. The lowest BCUT2D eigenvalue weighted by atomic mass is 9.57. The average Bonchev–Trinajstić information content (AvgIpc) is 3.77. The third-order valence-electron chi connectivity index (χ3n) is 12.8. The highest BCUT2D eigenvalue weighted by atomic mass is 16.6. The van der Waals surface area contributed by atoms with E-state index in [9.17, 15) is 29.1 Å². The molecule has 0 spiro atoms. The summed E-state index contributed by atoms with van der Waals surface area (Å²) in [6.45, 7) is 10.3. The molecular formula is C45H63N5O9. The maximum Gasteiger partial charge on any atom is 0.410 e. The molecule has 1 N–H and O–H groups in total. The quantitative estimate of drug-likeness (QED) is 0.244. The van der Waals surface area contributed by atoms with Crippen LogP contribution in [0.15, 0.2) is 48.5 Å². The highest BCUT2D eigenvalue weighted by Gasteiger charge is 2.61. The van der Waals surface area contributed by atoms with Crippen molar-refractivity contribution in [1.82, 2.24) is 24.5 Å². The van der Waals surface area contributed by atoms with Crippen molar-refractivity contribution in [2.45, 2.75) is 109 Å². The molecule has 2 aliphatic carbocycles. The molecule has 14 heteroatoms. The fourth-order valence-corrected chi connectivity index (χ4v) is 9.85. The second-order valence-electron chi connectivity index (χ2n) is 17.5. The number of likely N-dealkylation sites (N-methyl/N-ethyl adjacent to an activating group) is 4. The number of hydrogen-bond donors (Lipinski definition) is 1. The molecule has 322 valence electrons. The number of aliphatic carboxylic acids is 1. The predicted molar refractivity (Wildman–Crippen MR) is 222 cm³/mol. The van der Waals surface area contributed by atoms with Crippen LogP contribution in [0.4, 0.5) is 4.79 Å². The van der Waals surface area contributed by atoms with Gasteiger partial charge in [-0.2, -0.15) is 0 Å². The molecule has 0 bridgehead atoms. The molecule has 1 aliphatic heterocycles. The van der Waals surface area contributed by atoms with Gasteiger partial charge in [-0.05, 0) is 53.4 Å². The zero-order chi connectivity index (χ0) is 43.6. The van der Waals surface area contributed by atoms with Crippen molar-refractivity contribution in [3.63, 3.8) is 0 Å². The minimum absolute atomic E-state index is 0.0775. The molecule has 0 unspecified atom stereocenters. The number of amides is 5. The Morgan fingerprint density at radius 3 is 1.88 bits per heavy atom. The summed E-state index contributed by atoms with van der Waals surface area (Å²) in [6, 6.07) is 12.8. The first-order valence-electron chi connectivity index (χ1n) is 20.8. The summed E-state index contributed by atoms with van der Waals surface area (Å²) in [4.78, 5) is 90.2. The van der Waals surface area contributed by atoms with Crippen LogP contribution >= 0.6 is 0 Å². The van der Waals surface area contributed by atoms with Crippen molar-refractivity contribution in [3.05, 3.63) is 59.7 Å². The Morgan fingerprint density at radius 1 is 0.831 bits per heavy atom. The van der Waals surface area contributed by atoms with Crippen LogP contribution in [0, 0.1) is 11.3 Å². The number of carboxylic acids is 1. The Hall–Kier alpha value is -4.98. The summed E-state index contributed by atoms with van der Waals surface area (Å²) >= 11 is 0. The van der Waals surface area contributed by atoms with E-state index < -0.39 is 71.9 Å². The Labute approximate surface area is 348 Å². The third-order valence-corrected chi connectivity index (χ3v) is 12.8. The fourth-order valence-electron chi connectivity index (χ4n) is 9.85. The van der Waals surface area contributed by atoms with Crippen molar-refractivity contribution in [1.29, 1.82) is 0 Å². The zero-order valence-corrected chi connectivity index (χ0v) is 36.4. The van der Waals surface area contributed by atoms with Crippen LogP contribution in [0.1, 0.15) is 90.2 Å². The molecule has 0 radical (unpaired) electrons. The molecule has 2 aromatic carbocycles. The number of nitrogens with zero attached hydrogens (tertiary/aromatic N) is 5. The summed E-state index contributed by atoms with van der Waals surface area (Å²) in [7, 11) is 7.52. The van der Waals surface area contributed by atoms with E-state index in [0.29, 0.717) is 32.3 Å². The normalized spacial score (nSPS) is 19.8. The van der Waals surface area contributed by atoms with E-state index in [1.165, 1.54) is 40.7 Å². The van der Waals surface area contributed by atoms with E-state index in [0.717, 1.165) is 27.2 Å². The van der Waals surface area contributed by atoms with E-state index in [1.54, 1.807) is 14.1 Å². The number of likely N-dealkylation sites (tertiary alicyclic amines) is 1. The minimum Gasteiger partial charge on any atom is -0.481 e. The monoisotopic (exact) mass is 817 g/mol. The largest absolute Gasteiger partial charge is 0.481 e. The van der Waals surface area contributed by atoms with Crippen molar-refractivity contribution in [2.24, 2.45) is 11.3 Å². The van der Waals surface area contributed by atoms with E-state index in [1.807, 2.05) is 71.0 Å². The Morgan fingerprint density at radius 2 is 1.39 bits per heavy atom. The summed E-state index contributed by atoms with van der Waals surface area (Å²) in [6.07, 6.45) is 0.196. The molecule has 1 saturated heterocycles. The van der Waals surface area contributed by atoms with Crippen molar-refractivity contribution < 1.29 is 43.3 Å². The van der Waals surface area contributed by atoms with Gasteiger partial charge in [-0.3, -0.25) is 28.9 Å². The van der Waals surface area contributed by atoms with E-state index >= 15 is 4.79 Å². The highest BCUT2D eigenvalue weighted by molar-refractivity contribution is 5.98. The number of fused-ring (bicyclic) bond motifs is 3. The summed E-state index contributed by atoms with van der Waals surface area (Å²) in [5.74, 6) is -3.73. The second kappa shape index (κ2) is 18.1. The van der Waals surface area contributed by atoms with Gasteiger partial charge >= 0.3 is 12.1 Å². The van der Waals surface area contributed by atoms with Gasteiger partial charge in [0.1, 0.15) is 30.3 Å². The predicted octanol–water partition coefficient (Wildman–Crippen LogP) is 5.09. The van der Waals surface area contributed by atoms with Gasteiger partial charge < -0.3 is 34.2 Å². The number of ether oxygens (including phenoxy) is 2. The lowest BCUT2D eigenvalue weighted by molar-refractivity contribution is -0.174. The van der Waals surface area contributed by atoms with Crippen molar-refractivity contribution in [2.75, 3.05) is 55.0 Å². The molecule has 0 aromatic heterocycles. The molecule has 2 aromatic rings. The second-order valence-corrected chi connectivity index (χ2v) is 17.5. The van der Waals surface area contributed by atoms with Crippen LogP contribution in [-0.4, -0.2) is 150 Å². The van der Waals surface area contributed by atoms with Gasteiger partial charge in [0, 0.05) is 54.2 Å². The number of carboxylic acid groups (broad SMARTS) is 1. The minimum atomic E-state index is -1.35. The van der Waals surface area contributed by atoms with Gasteiger partial charge in [0.2, 0.25) is 23.6 Å². The molecule has 59 heavy (non-hydrogen) atoms. The van der Waals surface area contributed by atoms with Crippen LogP contribution in [0.25, 0.3) is 11.1 Å². The van der Waals surface area contributed by atoms with Crippen LogP contribution < -0.4 is 0 Å². The van der Waals surface area contributed by atoms with Gasteiger partial charge in [-0.15, -0.1) is 0 Å². The third kappa shape index (κ3) is 8.83. The molecular weight excluding hydrogens is 755 g/mol. The molecule has 4 atom stereocenters. The highest BCUT2D eigenvalue weighted by Crippen LogP contribution is 2.52. The van der Waals surface area contributed by atoms with Crippen molar-refractivity contribution >= 4 is 35.7 Å². The first-order chi connectivity index (χ1) is 27.8. The van der Waals surface area contributed by atoms with Gasteiger partial charge in [0.25, 0.3) is 0 Å². The molecule has 3 aliphatic rings. The number of carbonyl (C=O) groups excluding carboxylic acids is 5. The number of carbonyl (C=O) groups is 6. The molecule has 5 rings (SSSR count). The average molecular weight is 818 g/mol. The fraction of sp³-hybridized carbons (Fsp3) is 0.600. The van der Waals surface area contributed by atoms with E-state index in [-0.39, 0.29) is 36.8 Å². The summed E-state index contributed by atoms with van der Waals surface area (Å²) in [5, 5.41) is 9.68. The zero-order valence-electron chi connectivity index (χ0n) is 36.4. The summed E-state index contributed by atoms with van der Waals surface area (Å²) in [5.41, 5.74) is 2.66. The van der Waals surface area contributed by atoms with Gasteiger partial charge in [-0.1, -0.05) is 89.1 Å². The lowest BCUT2D eigenvalue weighted by Gasteiger charge is -2.58. The number of benzene rings is 2. The van der Waals surface area contributed by atoms with Crippen LogP contribution in [0.3, 0.4) is 0 Å². The molecule has 1 heterocycles. The van der Waals surface area contributed by atoms with Crippen LogP contribution in [0.5, 0.6) is 0 Å². The van der Waals surface area contributed by atoms with Gasteiger partial charge in [0.15, 0.2) is 0 Å². The Balaban J connectivity index is 1.42. The van der Waals surface area contributed by atoms with Crippen LogP contribution in [0.2, 0.25) is 0 Å². The van der Waals surface area contributed by atoms with Crippen LogP contribution in [-0.2, 0) is 33.4 Å². The van der Waals surface area contributed by atoms with Gasteiger partial charge in [0.05, 0.1) is 19.1 Å². The topological polar surface area (TPSA) is 157 Å². The first-order valence-corrected chi connectivity index (χ1v) is 20.8.